The van der Waals surface area contributed by atoms with Crippen molar-refractivity contribution in [2.24, 2.45) is 5.92 Å². The van der Waals surface area contributed by atoms with E-state index in [9.17, 15) is 0 Å². The first-order valence-corrected chi connectivity index (χ1v) is 5.83. The normalized spacial score (nSPS) is 10.8. The third-order valence-corrected chi connectivity index (χ3v) is 2.35. The molecular formula is C12H13ClN4. The zero-order chi connectivity index (χ0) is 12.3. The summed E-state index contributed by atoms with van der Waals surface area (Å²) in [5.41, 5.74) is 1.57. The van der Waals surface area contributed by atoms with Gasteiger partial charge in [0.1, 0.15) is 10.8 Å². The van der Waals surface area contributed by atoms with Gasteiger partial charge in [-0.2, -0.15) is 0 Å². The maximum atomic E-state index is 5.98. The highest BCUT2D eigenvalue weighted by Crippen LogP contribution is 2.16. The van der Waals surface area contributed by atoms with E-state index in [0.717, 1.165) is 12.1 Å². The van der Waals surface area contributed by atoms with Gasteiger partial charge < -0.3 is 0 Å². The molecule has 2 aromatic heterocycles. The molecule has 2 aromatic rings. The van der Waals surface area contributed by atoms with Crippen molar-refractivity contribution in [1.82, 2.24) is 19.9 Å². The molecule has 0 amide bonds. The van der Waals surface area contributed by atoms with E-state index in [1.54, 1.807) is 24.7 Å². The van der Waals surface area contributed by atoms with Gasteiger partial charge in [0.25, 0.3) is 0 Å². The second kappa shape index (κ2) is 5.19. The van der Waals surface area contributed by atoms with Gasteiger partial charge in [0.15, 0.2) is 5.82 Å². The third-order valence-electron chi connectivity index (χ3n) is 2.16. The van der Waals surface area contributed by atoms with Gasteiger partial charge in [0, 0.05) is 18.1 Å². The zero-order valence-corrected chi connectivity index (χ0v) is 10.5. The van der Waals surface area contributed by atoms with Crippen LogP contribution in [-0.2, 0) is 6.42 Å². The fraction of sp³-hybridized carbons (Fsp3) is 0.333. The van der Waals surface area contributed by atoms with Gasteiger partial charge in [0.05, 0.1) is 6.20 Å². The summed E-state index contributed by atoms with van der Waals surface area (Å²) in [6, 6.07) is 1.79. The minimum absolute atomic E-state index is 0.441. The second-order valence-corrected chi connectivity index (χ2v) is 4.58. The van der Waals surface area contributed by atoms with Crippen LogP contribution in [0.1, 0.15) is 19.5 Å². The topological polar surface area (TPSA) is 51.6 Å². The number of aromatic nitrogens is 4. The predicted octanol–water partition coefficient (Wildman–Crippen LogP) is 2.79. The lowest BCUT2D eigenvalue weighted by molar-refractivity contribution is 0.634. The Kier molecular flexibility index (Phi) is 3.64. The summed E-state index contributed by atoms with van der Waals surface area (Å²) >= 11 is 5.98. The maximum absolute atomic E-state index is 5.98. The highest BCUT2D eigenvalue weighted by Gasteiger charge is 2.08. The van der Waals surface area contributed by atoms with Crippen molar-refractivity contribution in [1.29, 1.82) is 0 Å². The zero-order valence-electron chi connectivity index (χ0n) is 9.76. The van der Waals surface area contributed by atoms with Crippen LogP contribution in [0.2, 0.25) is 5.15 Å². The molecular weight excluding hydrogens is 236 g/mol. The minimum Gasteiger partial charge on any atom is -0.261 e. The van der Waals surface area contributed by atoms with Crippen molar-refractivity contribution in [3.05, 3.63) is 35.5 Å². The average molecular weight is 249 g/mol. The van der Waals surface area contributed by atoms with Crippen LogP contribution in [0.3, 0.4) is 0 Å². The Hall–Kier alpha value is -1.55. The van der Waals surface area contributed by atoms with Crippen molar-refractivity contribution in [3.63, 3.8) is 0 Å². The van der Waals surface area contributed by atoms with Crippen LogP contribution in [0.25, 0.3) is 11.5 Å². The second-order valence-electron chi connectivity index (χ2n) is 4.19. The summed E-state index contributed by atoms with van der Waals surface area (Å²) in [5, 5.41) is 0.441. The number of halogens is 1. The van der Waals surface area contributed by atoms with Gasteiger partial charge in [-0.15, -0.1) is 0 Å². The van der Waals surface area contributed by atoms with Crippen LogP contribution in [0.15, 0.2) is 24.7 Å². The Balaban J connectivity index is 2.38. The third kappa shape index (κ3) is 3.20. The van der Waals surface area contributed by atoms with Crippen LogP contribution < -0.4 is 0 Å². The van der Waals surface area contributed by atoms with Gasteiger partial charge >= 0.3 is 0 Å². The monoisotopic (exact) mass is 248 g/mol. The van der Waals surface area contributed by atoms with Gasteiger partial charge in [-0.25, -0.2) is 15.0 Å². The summed E-state index contributed by atoms with van der Waals surface area (Å²) in [5.74, 6) is 1.05. The fourth-order valence-electron chi connectivity index (χ4n) is 1.52. The lowest BCUT2D eigenvalue weighted by atomic mass is 10.1. The molecule has 0 bridgehead atoms. The Labute approximate surface area is 105 Å². The molecule has 0 saturated heterocycles. The Morgan fingerprint density at radius 3 is 2.71 bits per heavy atom. The van der Waals surface area contributed by atoms with E-state index in [0.29, 0.717) is 22.6 Å². The van der Waals surface area contributed by atoms with Gasteiger partial charge in [-0.1, -0.05) is 25.4 Å². The SMILES string of the molecule is CC(C)Cc1cc(Cl)nc(-c2cnccn2)n1. The van der Waals surface area contributed by atoms with Crippen LogP contribution in [0.4, 0.5) is 0 Å². The molecule has 2 rings (SSSR count). The molecule has 0 aliphatic carbocycles. The summed E-state index contributed by atoms with van der Waals surface area (Å²) in [6.07, 6.45) is 5.73. The molecule has 0 radical (unpaired) electrons. The average Bonchev–Trinajstić information content (AvgIpc) is 2.28. The quantitative estimate of drug-likeness (QED) is 0.784. The molecule has 88 valence electrons. The standard InChI is InChI=1S/C12H13ClN4/c1-8(2)5-9-6-11(13)17-12(16-9)10-7-14-3-4-15-10/h3-4,6-8H,5H2,1-2H3. The van der Waals surface area contributed by atoms with E-state index < -0.39 is 0 Å². The molecule has 0 fully saturated rings. The van der Waals surface area contributed by atoms with E-state index in [1.165, 1.54) is 0 Å². The molecule has 4 nitrogen and oxygen atoms in total. The fourth-order valence-corrected chi connectivity index (χ4v) is 1.72. The largest absolute Gasteiger partial charge is 0.261 e. The molecule has 0 aromatic carbocycles. The van der Waals surface area contributed by atoms with Crippen LogP contribution in [-0.4, -0.2) is 19.9 Å². The summed E-state index contributed by atoms with van der Waals surface area (Å²) in [7, 11) is 0. The van der Waals surface area contributed by atoms with E-state index in [2.05, 4.69) is 33.8 Å². The Morgan fingerprint density at radius 2 is 2.06 bits per heavy atom. The first kappa shape index (κ1) is 11.9. The van der Waals surface area contributed by atoms with Gasteiger partial charge in [-0.3, -0.25) is 4.98 Å². The van der Waals surface area contributed by atoms with Crippen molar-refractivity contribution in [2.45, 2.75) is 20.3 Å². The molecule has 0 aliphatic heterocycles. The van der Waals surface area contributed by atoms with E-state index in [1.807, 2.05) is 0 Å². The predicted molar refractivity (Wildman–Crippen MR) is 66.6 cm³/mol. The minimum atomic E-state index is 0.441. The first-order chi connectivity index (χ1) is 8.15. The van der Waals surface area contributed by atoms with E-state index in [4.69, 9.17) is 11.6 Å². The molecule has 0 saturated carbocycles. The number of rotatable bonds is 3. The van der Waals surface area contributed by atoms with Crippen LogP contribution >= 0.6 is 11.6 Å². The van der Waals surface area contributed by atoms with Crippen molar-refractivity contribution in [3.8, 4) is 11.5 Å². The number of hydrogen-bond donors (Lipinski definition) is 0. The highest BCUT2D eigenvalue weighted by molar-refractivity contribution is 6.29. The summed E-state index contributed by atoms with van der Waals surface area (Å²) in [6.45, 7) is 4.27. The highest BCUT2D eigenvalue weighted by atomic mass is 35.5. The molecule has 0 aliphatic rings. The van der Waals surface area contributed by atoms with Crippen LogP contribution in [0, 0.1) is 5.92 Å². The Morgan fingerprint density at radius 1 is 1.24 bits per heavy atom. The number of hydrogen-bond acceptors (Lipinski definition) is 4. The van der Waals surface area contributed by atoms with Crippen molar-refractivity contribution >= 4 is 11.6 Å². The van der Waals surface area contributed by atoms with E-state index >= 15 is 0 Å². The van der Waals surface area contributed by atoms with E-state index in [-0.39, 0.29) is 0 Å². The van der Waals surface area contributed by atoms with Gasteiger partial charge in [0.2, 0.25) is 0 Å². The smallest absolute Gasteiger partial charge is 0.181 e. The maximum Gasteiger partial charge on any atom is 0.181 e. The lowest BCUT2D eigenvalue weighted by Crippen LogP contribution is -2.01. The van der Waals surface area contributed by atoms with Crippen molar-refractivity contribution < 1.29 is 0 Å². The lowest BCUT2D eigenvalue weighted by Gasteiger charge is -2.06. The summed E-state index contributed by atoms with van der Waals surface area (Å²) < 4.78 is 0. The molecule has 17 heavy (non-hydrogen) atoms. The number of nitrogens with zero attached hydrogens (tertiary/aromatic N) is 4. The Bertz CT molecular complexity index is 499. The first-order valence-electron chi connectivity index (χ1n) is 5.45. The molecule has 0 spiro atoms. The van der Waals surface area contributed by atoms with Gasteiger partial charge in [-0.05, 0) is 18.4 Å². The molecule has 0 atom stereocenters. The molecule has 2 heterocycles. The molecule has 5 heteroatoms. The molecule has 0 unspecified atom stereocenters. The summed E-state index contributed by atoms with van der Waals surface area (Å²) in [4.78, 5) is 16.8. The molecule has 0 N–H and O–H groups in total. The van der Waals surface area contributed by atoms with Crippen LogP contribution in [0.5, 0.6) is 0 Å². The van der Waals surface area contributed by atoms with Crippen molar-refractivity contribution in [2.75, 3.05) is 0 Å².